The molecule has 0 N–H and O–H groups in total. The van der Waals surface area contributed by atoms with Crippen LogP contribution >= 0.6 is 0 Å². The molecule has 1 aliphatic rings. The first kappa shape index (κ1) is 20.7. The van der Waals surface area contributed by atoms with Gasteiger partial charge in [0.25, 0.3) is 11.6 Å². The summed E-state index contributed by atoms with van der Waals surface area (Å²) in [5.74, 6) is 0.431. The van der Waals surface area contributed by atoms with E-state index in [-0.39, 0.29) is 49.3 Å². The maximum atomic E-state index is 12.7. The van der Waals surface area contributed by atoms with E-state index in [1.54, 1.807) is 11.0 Å². The summed E-state index contributed by atoms with van der Waals surface area (Å²) >= 11 is 0. The van der Waals surface area contributed by atoms with Crippen molar-refractivity contribution in [3.8, 4) is 5.75 Å². The van der Waals surface area contributed by atoms with Gasteiger partial charge in [0, 0.05) is 38.3 Å². The Morgan fingerprint density at radius 1 is 1.07 bits per heavy atom. The molecule has 1 amide bonds. The van der Waals surface area contributed by atoms with Crippen LogP contribution in [-0.4, -0.2) is 61.2 Å². The third kappa shape index (κ3) is 4.72. The average molecular weight is 419 g/mol. The molecule has 0 saturated carbocycles. The number of hydrogen-bond donors (Lipinski definition) is 0. The summed E-state index contributed by atoms with van der Waals surface area (Å²) in [6.07, 6.45) is 0. The van der Waals surface area contributed by atoms with Crippen LogP contribution in [0.15, 0.2) is 53.4 Å². The number of para-hydroxylation sites is 1. The molecule has 1 saturated heterocycles. The molecule has 0 spiro atoms. The van der Waals surface area contributed by atoms with Crippen LogP contribution < -0.4 is 4.74 Å². The van der Waals surface area contributed by atoms with Gasteiger partial charge in [-0.15, -0.1) is 0 Å². The first-order chi connectivity index (χ1) is 13.8. The highest BCUT2D eigenvalue weighted by molar-refractivity contribution is 7.89. The van der Waals surface area contributed by atoms with E-state index in [0.717, 1.165) is 17.7 Å². The highest BCUT2D eigenvalue weighted by atomic mass is 32.2. The molecule has 0 aliphatic carbocycles. The van der Waals surface area contributed by atoms with E-state index in [1.807, 2.05) is 25.1 Å². The van der Waals surface area contributed by atoms with Gasteiger partial charge in [-0.3, -0.25) is 14.9 Å². The number of piperazine rings is 1. The monoisotopic (exact) mass is 419 g/mol. The number of benzene rings is 2. The summed E-state index contributed by atoms with van der Waals surface area (Å²) in [5.41, 5.74) is 0.757. The summed E-state index contributed by atoms with van der Waals surface area (Å²) in [4.78, 5) is 24.1. The van der Waals surface area contributed by atoms with Crippen LogP contribution in [0.3, 0.4) is 0 Å². The van der Waals surface area contributed by atoms with Crippen LogP contribution in [0.5, 0.6) is 5.75 Å². The summed E-state index contributed by atoms with van der Waals surface area (Å²) < 4.78 is 32.3. The lowest BCUT2D eigenvalue weighted by molar-refractivity contribution is -0.384. The summed E-state index contributed by atoms with van der Waals surface area (Å²) in [5, 5.41) is 10.7. The SMILES string of the molecule is Cc1ccccc1OCC(=O)N1CCN(S(=O)(=O)c2ccc([N+](=O)[O-])cc2)CC1. The smallest absolute Gasteiger partial charge is 0.269 e. The number of non-ortho nitro benzene ring substituents is 1. The van der Waals surface area contributed by atoms with Crippen LogP contribution in [-0.2, 0) is 14.8 Å². The number of rotatable bonds is 6. The Balaban J connectivity index is 1.57. The Bertz CT molecular complexity index is 999. The Kier molecular flexibility index (Phi) is 6.14. The van der Waals surface area contributed by atoms with Gasteiger partial charge in [0.15, 0.2) is 6.61 Å². The number of carbonyl (C=O) groups is 1. The second-order valence-electron chi connectivity index (χ2n) is 6.59. The number of carbonyl (C=O) groups excluding carboxylic acids is 1. The molecule has 3 rings (SSSR count). The Hall–Kier alpha value is -2.98. The maximum absolute atomic E-state index is 12.7. The largest absolute Gasteiger partial charge is 0.484 e. The van der Waals surface area contributed by atoms with Gasteiger partial charge in [-0.2, -0.15) is 4.31 Å². The van der Waals surface area contributed by atoms with E-state index >= 15 is 0 Å². The van der Waals surface area contributed by atoms with Crippen molar-refractivity contribution in [2.24, 2.45) is 0 Å². The standard InChI is InChI=1S/C19H21N3O6S/c1-15-4-2-3-5-18(15)28-14-19(23)20-10-12-21(13-11-20)29(26,27)17-8-6-16(7-9-17)22(24)25/h2-9H,10-14H2,1H3. The van der Waals surface area contributed by atoms with Gasteiger partial charge in [-0.1, -0.05) is 18.2 Å². The molecular formula is C19H21N3O6S. The third-order valence-electron chi connectivity index (χ3n) is 4.72. The lowest BCUT2D eigenvalue weighted by atomic mass is 10.2. The number of ether oxygens (including phenoxy) is 1. The van der Waals surface area contributed by atoms with Crippen molar-refractivity contribution in [3.05, 3.63) is 64.2 Å². The number of hydrogen-bond acceptors (Lipinski definition) is 6. The Morgan fingerprint density at radius 2 is 1.69 bits per heavy atom. The molecule has 1 heterocycles. The third-order valence-corrected chi connectivity index (χ3v) is 6.63. The second-order valence-corrected chi connectivity index (χ2v) is 8.53. The lowest BCUT2D eigenvalue weighted by Crippen LogP contribution is -2.51. The fourth-order valence-corrected chi connectivity index (χ4v) is 4.44. The van der Waals surface area contributed by atoms with E-state index in [4.69, 9.17) is 4.74 Å². The summed E-state index contributed by atoms with van der Waals surface area (Å²) in [6.45, 7) is 2.58. The van der Waals surface area contributed by atoms with Crippen LogP contribution in [0.25, 0.3) is 0 Å². The molecule has 0 unspecified atom stereocenters. The van der Waals surface area contributed by atoms with E-state index < -0.39 is 14.9 Å². The van der Waals surface area contributed by atoms with Crippen molar-refractivity contribution in [1.82, 2.24) is 9.21 Å². The van der Waals surface area contributed by atoms with Crippen molar-refractivity contribution in [2.75, 3.05) is 32.8 Å². The van der Waals surface area contributed by atoms with Gasteiger partial charge in [0.1, 0.15) is 5.75 Å². The zero-order valence-electron chi connectivity index (χ0n) is 15.9. The molecule has 154 valence electrons. The van der Waals surface area contributed by atoms with Gasteiger partial charge < -0.3 is 9.64 Å². The molecular weight excluding hydrogens is 398 g/mol. The maximum Gasteiger partial charge on any atom is 0.269 e. The van der Waals surface area contributed by atoms with E-state index in [1.165, 1.54) is 16.4 Å². The number of nitro groups is 1. The van der Waals surface area contributed by atoms with Crippen LogP contribution in [0.2, 0.25) is 0 Å². The van der Waals surface area contributed by atoms with Crippen LogP contribution in [0.4, 0.5) is 5.69 Å². The average Bonchev–Trinajstić information content (AvgIpc) is 2.73. The number of sulfonamides is 1. The van der Waals surface area contributed by atoms with E-state index in [0.29, 0.717) is 5.75 Å². The first-order valence-corrected chi connectivity index (χ1v) is 10.4. The molecule has 0 radical (unpaired) electrons. The Labute approximate surface area is 168 Å². The fraction of sp³-hybridized carbons (Fsp3) is 0.316. The highest BCUT2D eigenvalue weighted by Gasteiger charge is 2.30. The molecule has 0 aromatic heterocycles. The fourth-order valence-electron chi connectivity index (χ4n) is 3.02. The molecule has 9 nitrogen and oxygen atoms in total. The van der Waals surface area contributed by atoms with Crippen LogP contribution in [0.1, 0.15) is 5.56 Å². The molecule has 1 fully saturated rings. The van der Waals surface area contributed by atoms with Crippen LogP contribution in [0, 0.1) is 17.0 Å². The number of amides is 1. The molecule has 0 atom stereocenters. The molecule has 2 aromatic rings. The first-order valence-electron chi connectivity index (χ1n) is 9.00. The number of nitro benzene ring substituents is 1. The summed E-state index contributed by atoms with van der Waals surface area (Å²) in [7, 11) is -3.77. The van der Waals surface area contributed by atoms with Gasteiger partial charge >= 0.3 is 0 Å². The molecule has 1 aliphatic heterocycles. The van der Waals surface area contributed by atoms with Gasteiger partial charge in [0.05, 0.1) is 9.82 Å². The second kappa shape index (κ2) is 8.58. The van der Waals surface area contributed by atoms with Gasteiger partial charge in [-0.05, 0) is 30.7 Å². The van der Waals surface area contributed by atoms with Gasteiger partial charge in [0.2, 0.25) is 10.0 Å². The molecule has 2 aromatic carbocycles. The van der Waals surface area contributed by atoms with Crippen molar-refractivity contribution in [2.45, 2.75) is 11.8 Å². The highest BCUT2D eigenvalue weighted by Crippen LogP contribution is 2.21. The van der Waals surface area contributed by atoms with Crippen molar-refractivity contribution >= 4 is 21.6 Å². The zero-order chi connectivity index (χ0) is 21.0. The van der Waals surface area contributed by atoms with E-state index in [9.17, 15) is 23.3 Å². The van der Waals surface area contributed by atoms with E-state index in [2.05, 4.69) is 0 Å². The normalized spacial score (nSPS) is 15.1. The van der Waals surface area contributed by atoms with Crippen molar-refractivity contribution < 1.29 is 22.9 Å². The minimum absolute atomic E-state index is 0.00855. The predicted octanol–water partition coefficient (Wildman–Crippen LogP) is 1.82. The minimum atomic E-state index is -3.77. The molecule has 0 bridgehead atoms. The van der Waals surface area contributed by atoms with Crippen molar-refractivity contribution in [1.29, 1.82) is 0 Å². The van der Waals surface area contributed by atoms with Crippen molar-refractivity contribution in [3.63, 3.8) is 0 Å². The summed E-state index contributed by atoms with van der Waals surface area (Å²) in [6, 6.07) is 12.2. The lowest BCUT2D eigenvalue weighted by Gasteiger charge is -2.34. The topological polar surface area (TPSA) is 110 Å². The predicted molar refractivity (Wildman–Crippen MR) is 105 cm³/mol. The molecule has 10 heteroatoms. The Morgan fingerprint density at radius 3 is 2.28 bits per heavy atom. The quantitative estimate of drug-likeness (QED) is 0.522. The minimum Gasteiger partial charge on any atom is -0.484 e. The molecule has 29 heavy (non-hydrogen) atoms. The number of nitrogens with zero attached hydrogens (tertiary/aromatic N) is 3. The number of aryl methyl sites for hydroxylation is 1. The zero-order valence-corrected chi connectivity index (χ0v) is 16.7. The van der Waals surface area contributed by atoms with Gasteiger partial charge in [-0.25, -0.2) is 8.42 Å².